The van der Waals surface area contributed by atoms with Crippen molar-refractivity contribution in [2.45, 2.75) is 32.1 Å². The van der Waals surface area contributed by atoms with E-state index in [1.807, 2.05) is 27.9 Å². The van der Waals surface area contributed by atoms with Gasteiger partial charge in [-0.3, -0.25) is 9.69 Å². The molecule has 1 saturated heterocycles. The van der Waals surface area contributed by atoms with Gasteiger partial charge in [0, 0.05) is 38.3 Å². The van der Waals surface area contributed by atoms with Gasteiger partial charge in [0.05, 0.1) is 21.7 Å². The third kappa shape index (κ3) is 6.63. The molecule has 1 aromatic heterocycles. The molecule has 0 radical (unpaired) electrons. The summed E-state index contributed by atoms with van der Waals surface area (Å²) in [5.74, 6) is -0.223. The van der Waals surface area contributed by atoms with Crippen LogP contribution in [0, 0.1) is 13.8 Å². The van der Waals surface area contributed by atoms with E-state index >= 15 is 0 Å². The molecule has 0 N–H and O–H groups in total. The topological polar surface area (TPSA) is 103 Å². The van der Waals surface area contributed by atoms with Crippen molar-refractivity contribution in [3.8, 4) is 0 Å². The molecule has 216 valence electrons. The van der Waals surface area contributed by atoms with E-state index in [0.717, 1.165) is 34.3 Å². The predicted molar refractivity (Wildman–Crippen MR) is 158 cm³/mol. The summed E-state index contributed by atoms with van der Waals surface area (Å²) in [6.07, 6.45) is 0.327. The SMILES string of the molecule is CCOC(=O)N1CCN(S(=O)(=O)c2ccc(C(=O)N(CCCN(C)C)c3nc4c(C)cc(C)cc4s3)cc2)CC1. The molecule has 2 aromatic carbocycles. The number of hydrogen-bond donors (Lipinski definition) is 0. The average Bonchev–Trinajstić information content (AvgIpc) is 3.35. The number of aryl methyl sites for hydroxylation is 2. The molecular weight excluding hydrogens is 550 g/mol. The van der Waals surface area contributed by atoms with Crippen LogP contribution in [0.3, 0.4) is 0 Å². The number of carbonyl (C=O) groups excluding carboxylic acids is 2. The van der Waals surface area contributed by atoms with E-state index in [1.54, 1.807) is 24.0 Å². The summed E-state index contributed by atoms with van der Waals surface area (Å²) < 4.78 is 34.0. The summed E-state index contributed by atoms with van der Waals surface area (Å²) in [6.45, 7) is 8.25. The molecule has 1 aliphatic rings. The Morgan fingerprint density at radius 2 is 1.70 bits per heavy atom. The van der Waals surface area contributed by atoms with Gasteiger partial charge in [-0.2, -0.15) is 4.31 Å². The van der Waals surface area contributed by atoms with Crippen LogP contribution >= 0.6 is 11.3 Å². The van der Waals surface area contributed by atoms with Crippen LogP contribution in [0.25, 0.3) is 10.2 Å². The molecule has 4 rings (SSSR count). The summed E-state index contributed by atoms with van der Waals surface area (Å²) in [5, 5.41) is 0.628. The normalized spacial score (nSPS) is 14.6. The number of nitrogens with zero attached hydrogens (tertiary/aromatic N) is 5. The Morgan fingerprint density at radius 1 is 1.02 bits per heavy atom. The van der Waals surface area contributed by atoms with E-state index in [4.69, 9.17) is 9.72 Å². The van der Waals surface area contributed by atoms with Gasteiger partial charge in [0.15, 0.2) is 5.13 Å². The number of sulfonamides is 1. The van der Waals surface area contributed by atoms with E-state index in [1.165, 1.54) is 32.7 Å². The third-order valence-electron chi connectivity index (χ3n) is 6.79. The van der Waals surface area contributed by atoms with Crippen LogP contribution in [-0.4, -0.2) is 99.5 Å². The molecule has 0 saturated carbocycles. The van der Waals surface area contributed by atoms with E-state index in [9.17, 15) is 18.0 Å². The molecule has 0 bridgehead atoms. The molecule has 40 heavy (non-hydrogen) atoms. The maximum atomic E-state index is 13.7. The van der Waals surface area contributed by atoms with Crippen LogP contribution in [0.5, 0.6) is 0 Å². The Morgan fingerprint density at radius 3 is 2.33 bits per heavy atom. The number of piperazine rings is 1. The van der Waals surface area contributed by atoms with E-state index in [0.29, 0.717) is 17.2 Å². The highest BCUT2D eigenvalue weighted by Crippen LogP contribution is 2.32. The van der Waals surface area contributed by atoms with Crippen LogP contribution < -0.4 is 4.90 Å². The second-order valence-corrected chi connectivity index (χ2v) is 13.1. The zero-order chi connectivity index (χ0) is 29.0. The number of amides is 2. The molecular formula is C28H37N5O5S2. The lowest BCUT2D eigenvalue weighted by atomic mass is 10.1. The van der Waals surface area contributed by atoms with Gasteiger partial charge in [0.2, 0.25) is 10.0 Å². The Bertz CT molecular complexity index is 1460. The van der Waals surface area contributed by atoms with Crippen LogP contribution in [0.1, 0.15) is 34.8 Å². The fourth-order valence-electron chi connectivity index (χ4n) is 4.70. The Labute approximate surface area is 240 Å². The quantitative estimate of drug-likeness (QED) is 0.373. The van der Waals surface area contributed by atoms with Crippen molar-refractivity contribution in [1.82, 2.24) is 19.1 Å². The third-order valence-corrected chi connectivity index (χ3v) is 9.72. The summed E-state index contributed by atoms with van der Waals surface area (Å²) in [6, 6.07) is 10.2. The number of rotatable bonds is 9. The lowest BCUT2D eigenvalue weighted by Crippen LogP contribution is -2.50. The molecule has 0 aliphatic carbocycles. The van der Waals surface area contributed by atoms with Gasteiger partial charge < -0.3 is 14.5 Å². The number of hydrogen-bond acceptors (Lipinski definition) is 8. The van der Waals surface area contributed by atoms with Crippen LogP contribution in [0.15, 0.2) is 41.3 Å². The summed E-state index contributed by atoms with van der Waals surface area (Å²) >= 11 is 1.49. The van der Waals surface area contributed by atoms with E-state index < -0.39 is 16.1 Å². The predicted octanol–water partition coefficient (Wildman–Crippen LogP) is 3.97. The number of ether oxygens (including phenoxy) is 1. The van der Waals surface area contributed by atoms with Crippen molar-refractivity contribution >= 4 is 48.7 Å². The van der Waals surface area contributed by atoms with Crippen molar-refractivity contribution < 1.29 is 22.7 Å². The van der Waals surface area contributed by atoms with Gasteiger partial charge in [-0.1, -0.05) is 17.4 Å². The van der Waals surface area contributed by atoms with Crippen molar-refractivity contribution in [2.75, 3.05) is 64.9 Å². The number of fused-ring (bicyclic) bond motifs is 1. The number of benzene rings is 2. The minimum absolute atomic E-state index is 0.110. The first kappa shape index (κ1) is 29.9. The molecule has 10 nitrogen and oxygen atoms in total. The Kier molecular flexibility index (Phi) is 9.44. The van der Waals surface area contributed by atoms with Gasteiger partial charge in [-0.25, -0.2) is 18.2 Å². The van der Waals surface area contributed by atoms with E-state index in [-0.39, 0.29) is 43.6 Å². The minimum Gasteiger partial charge on any atom is -0.450 e. The summed E-state index contributed by atoms with van der Waals surface area (Å²) in [4.78, 5) is 35.9. The van der Waals surface area contributed by atoms with Crippen molar-refractivity contribution in [1.29, 1.82) is 0 Å². The average molecular weight is 588 g/mol. The van der Waals surface area contributed by atoms with E-state index in [2.05, 4.69) is 17.0 Å². The highest BCUT2D eigenvalue weighted by atomic mass is 32.2. The lowest BCUT2D eigenvalue weighted by Gasteiger charge is -2.33. The maximum absolute atomic E-state index is 13.7. The van der Waals surface area contributed by atoms with Crippen LogP contribution in [-0.2, 0) is 14.8 Å². The minimum atomic E-state index is -3.77. The summed E-state index contributed by atoms with van der Waals surface area (Å²) in [7, 11) is 0.209. The smallest absolute Gasteiger partial charge is 0.409 e. The molecule has 0 unspecified atom stereocenters. The number of carbonyl (C=O) groups is 2. The van der Waals surface area contributed by atoms with Crippen LogP contribution in [0.2, 0.25) is 0 Å². The van der Waals surface area contributed by atoms with Crippen molar-refractivity contribution in [2.24, 2.45) is 0 Å². The molecule has 0 spiro atoms. The first-order valence-electron chi connectivity index (χ1n) is 13.4. The molecule has 12 heteroatoms. The maximum Gasteiger partial charge on any atom is 0.409 e. The zero-order valence-corrected chi connectivity index (χ0v) is 25.3. The molecule has 2 heterocycles. The Hall–Kier alpha value is -3.06. The second-order valence-electron chi connectivity index (χ2n) is 10.2. The van der Waals surface area contributed by atoms with Gasteiger partial charge in [-0.15, -0.1) is 0 Å². The van der Waals surface area contributed by atoms with Gasteiger partial charge in [0.1, 0.15) is 0 Å². The highest BCUT2D eigenvalue weighted by molar-refractivity contribution is 7.89. The largest absolute Gasteiger partial charge is 0.450 e. The number of anilines is 1. The fraction of sp³-hybridized carbons (Fsp3) is 0.464. The van der Waals surface area contributed by atoms with Gasteiger partial charge in [0.25, 0.3) is 5.91 Å². The van der Waals surface area contributed by atoms with Gasteiger partial charge in [-0.05, 0) is 89.3 Å². The molecule has 3 aromatic rings. The fourth-order valence-corrected chi connectivity index (χ4v) is 7.29. The monoisotopic (exact) mass is 587 g/mol. The molecule has 1 fully saturated rings. The number of thiazole rings is 1. The summed E-state index contributed by atoms with van der Waals surface area (Å²) in [5.41, 5.74) is 3.49. The molecule has 2 amide bonds. The van der Waals surface area contributed by atoms with Gasteiger partial charge >= 0.3 is 6.09 Å². The standard InChI is InChI=1S/C28H37N5O5S2/c1-6-38-28(35)31-14-16-32(17-15-31)40(36,37)23-10-8-22(9-11-23)26(34)33(13-7-12-30(4)5)27-29-25-21(3)18-20(2)19-24(25)39-27/h8-11,18-19H,6-7,12-17H2,1-5H3. The first-order chi connectivity index (χ1) is 19.0. The molecule has 1 aliphatic heterocycles. The Balaban J connectivity index is 1.54. The second kappa shape index (κ2) is 12.6. The van der Waals surface area contributed by atoms with Crippen molar-refractivity contribution in [3.63, 3.8) is 0 Å². The number of aromatic nitrogens is 1. The zero-order valence-electron chi connectivity index (χ0n) is 23.7. The molecule has 0 atom stereocenters. The lowest BCUT2D eigenvalue weighted by molar-refractivity contribution is 0.0933. The van der Waals surface area contributed by atoms with Crippen molar-refractivity contribution in [3.05, 3.63) is 53.1 Å². The first-order valence-corrected chi connectivity index (χ1v) is 15.6. The highest BCUT2D eigenvalue weighted by Gasteiger charge is 2.31. The van der Waals surface area contributed by atoms with Crippen LogP contribution in [0.4, 0.5) is 9.93 Å².